The van der Waals surface area contributed by atoms with Gasteiger partial charge < -0.3 is 5.32 Å². The second-order valence-corrected chi connectivity index (χ2v) is 5.95. The lowest BCUT2D eigenvalue weighted by molar-refractivity contribution is 0.838. The van der Waals surface area contributed by atoms with Crippen LogP contribution in [0.15, 0.2) is 42.5 Å². The van der Waals surface area contributed by atoms with E-state index in [1.54, 1.807) is 0 Å². The van der Waals surface area contributed by atoms with Crippen LogP contribution in [0.3, 0.4) is 0 Å². The monoisotopic (exact) mass is 267 g/mol. The standard InChI is InChI=1S/C19H25N/c1-13(2)17-7-6-8-18(14(3)4)19(17)15-9-11-16(20-5)12-10-15/h6-14,20H,1-5H3. The maximum Gasteiger partial charge on any atom is 0.0337 e. The molecule has 0 aromatic heterocycles. The van der Waals surface area contributed by atoms with Gasteiger partial charge in [-0.15, -0.1) is 0 Å². The summed E-state index contributed by atoms with van der Waals surface area (Å²) in [5, 5.41) is 3.18. The predicted octanol–water partition coefficient (Wildman–Crippen LogP) is 5.64. The van der Waals surface area contributed by atoms with Gasteiger partial charge in [-0.3, -0.25) is 0 Å². The van der Waals surface area contributed by atoms with Crippen LogP contribution in [0.2, 0.25) is 0 Å². The van der Waals surface area contributed by atoms with Crippen molar-refractivity contribution in [2.75, 3.05) is 12.4 Å². The van der Waals surface area contributed by atoms with Crippen molar-refractivity contribution in [1.82, 2.24) is 0 Å². The van der Waals surface area contributed by atoms with E-state index < -0.39 is 0 Å². The maximum absolute atomic E-state index is 3.18. The zero-order chi connectivity index (χ0) is 14.7. The first-order chi connectivity index (χ1) is 9.54. The average Bonchev–Trinajstić information content (AvgIpc) is 2.46. The highest BCUT2D eigenvalue weighted by Crippen LogP contribution is 2.36. The quantitative estimate of drug-likeness (QED) is 0.755. The van der Waals surface area contributed by atoms with Gasteiger partial charge >= 0.3 is 0 Å². The molecule has 2 aromatic carbocycles. The van der Waals surface area contributed by atoms with Crippen LogP contribution in [0.1, 0.15) is 50.7 Å². The molecule has 0 saturated heterocycles. The van der Waals surface area contributed by atoms with E-state index in [0.717, 1.165) is 5.69 Å². The second kappa shape index (κ2) is 6.13. The highest BCUT2D eigenvalue weighted by atomic mass is 14.8. The fourth-order valence-electron chi connectivity index (χ4n) is 2.69. The summed E-state index contributed by atoms with van der Waals surface area (Å²) in [6.45, 7) is 9.08. The molecule has 106 valence electrons. The SMILES string of the molecule is CNc1ccc(-c2c(C(C)C)cccc2C(C)C)cc1. The highest BCUT2D eigenvalue weighted by molar-refractivity contribution is 5.73. The zero-order valence-corrected chi connectivity index (χ0v) is 13.2. The van der Waals surface area contributed by atoms with Crippen molar-refractivity contribution in [2.45, 2.75) is 39.5 Å². The third-order valence-corrected chi connectivity index (χ3v) is 3.84. The molecule has 0 heterocycles. The smallest absolute Gasteiger partial charge is 0.0337 e. The third-order valence-electron chi connectivity index (χ3n) is 3.84. The molecule has 1 nitrogen and oxygen atoms in total. The molecule has 20 heavy (non-hydrogen) atoms. The van der Waals surface area contributed by atoms with Gasteiger partial charge in [-0.1, -0.05) is 58.0 Å². The summed E-state index contributed by atoms with van der Waals surface area (Å²) >= 11 is 0. The third kappa shape index (κ3) is 2.87. The Labute approximate surface area is 123 Å². The van der Waals surface area contributed by atoms with Crippen LogP contribution < -0.4 is 5.32 Å². The first-order valence-electron chi connectivity index (χ1n) is 7.45. The van der Waals surface area contributed by atoms with Crippen LogP contribution in [0.4, 0.5) is 5.69 Å². The van der Waals surface area contributed by atoms with E-state index >= 15 is 0 Å². The van der Waals surface area contributed by atoms with E-state index in [9.17, 15) is 0 Å². The number of hydrogen-bond donors (Lipinski definition) is 1. The molecule has 2 aromatic rings. The van der Waals surface area contributed by atoms with Gasteiger partial charge in [0, 0.05) is 12.7 Å². The Balaban J connectivity index is 2.62. The minimum atomic E-state index is 0.535. The van der Waals surface area contributed by atoms with E-state index in [1.165, 1.54) is 22.3 Å². The summed E-state index contributed by atoms with van der Waals surface area (Å²) in [5.74, 6) is 1.07. The van der Waals surface area contributed by atoms with Gasteiger partial charge in [-0.25, -0.2) is 0 Å². The molecule has 0 aliphatic rings. The average molecular weight is 267 g/mol. The van der Waals surface area contributed by atoms with Gasteiger partial charge in [0.2, 0.25) is 0 Å². The van der Waals surface area contributed by atoms with Crippen LogP contribution in [-0.4, -0.2) is 7.05 Å². The molecule has 0 saturated carbocycles. The Morgan fingerprint density at radius 3 is 1.65 bits per heavy atom. The zero-order valence-electron chi connectivity index (χ0n) is 13.2. The number of rotatable bonds is 4. The van der Waals surface area contributed by atoms with Gasteiger partial charge in [0.15, 0.2) is 0 Å². The molecule has 0 aliphatic carbocycles. The van der Waals surface area contributed by atoms with Crippen molar-refractivity contribution in [1.29, 1.82) is 0 Å². The molecule has 0 atom stereocenters. The number of nitrogens with one attached hydrogen (secondary N) is 1. The van der Waals surface area contributed by atoms with Crippen LogP contribution in [0.25, 0.3) is 11.1 Å². The second-order valence-electron chi connectivity index (χ2n) is 5.95. The molecule has 1 heteroatoms. The molecule has 0 radical (unpaired) electrons. The summed E-state index contributed by atoms with van der Waals surface area (Å²) in [6, 6.07) is 15.5. The number of anilines is 1. The Morgan fingerprint density at radius 1 is 0.750 bits per heavy atom. The molecule has 0 aliphatic heterocycles. The Hall–Kier alpha value is -1.76. The van der Waals surface area contributed by atoms with E-state index in [-0.39, 0.29) is 0 Å². The molecule has 2 rings (SSSR count). The van der Waals surface area contributed by atoms with Crippen molar-refractivity contribution < 1.29 is 0 Å². The van der Waals surface area contributed by atoms with E-state index in [1.807, 2.05) is 7.05 Å². The van der Waals surface area contributed by atoms with Crippen molar-refractivity contribution in [2.24, 2.45) is 0 Å². The summed E-state index contributed by atoms with van der Waals surface area (Å²) in [6.07, 6.45) is 0. The topological polar surface area (TPSA) is 12.0 Å². The summed E-state index contributed by atoms with van der Waals surface area (Å²) in [5.41, 5.74) is 6.76. The number of hydrogen-bond acceptors (Lipinski definition) is 1. The Kier molecular flexibility index (Phi) is 4.49. The lowest BCUT2D eigenvalue weighted by Crippen LogP contribution is -1.99. The van der Waals surface area contributed by atoms with Gasteiger partial charge in [0.1, 0.15) is 0 Å². The van der Waals surface area contributed by atoms with Gasteiger partial charge in [0.05, 0.1) is 0 Å². The van der Waals surface area contributed by atoms with E-state index in [0.29, 0.717) is 11.8 Å². The fraction of sp³-hybridized carbons (Fsp3) is 0.368. The van der Waals surface area contributed by atoms with Gasteiger partial charge in [0.25, 0.3) is 0 Å². The molecule has 0 bridgehead atoms. The van der Waals surface area contributed by atoms with Crippen molar-refractivity contribution >= 4 is 5.69 Å². The first kappa shape index (κ1) is 14.6. The molecule has 0 spiro atoms. The fourth-order valence-corrected chi connectivity index (χ4v) is 2.69. The van der Waals surface area contributed by atoms with Crippen molar-refractivity contribution in [3.8, 4) is 11.1 Å². The van der Waals surface area contributed by atoms with Crippen LogP contribution in [-0.2, 0) is 0 Å². The van der Waals surface area contributed by atoms with Crippen molar-refractivity contribution in [3.63, 3.8) is 0 Å². The van der Waals surface area contributed by atoms with Crippen LogP contribution >= 0.6 is 0 Å². The normalized spacial score (nSPS) is 11.2. The Morgan fingerprint density at radius 2 is 1.25 bits per heavy atom. The van der Waals surface area contributed by atoms with E-state index in [2.05, 4.69) is 75.5 Å². The summed E-state index contributed by atoms with van der Waals surface area (Å²) < 4.78 is 0. The summed E-state index contributed by atoms with van der Waals surface area (Å²) in [4.78, 5) is 0. The van der Waals surface area contributed by atoms with Gasteiger partial charge in [-0.05, 0) is 46.2 Å². The first-order valence-corrected chi connectivity index (χ1v) is 7.45. The maximum atomic E-state index is 3.18. The predicted molar refractivity (Wildman–Crippen MR) is 89.6 cm³/mol. The van der Waals surface area contributed by atoms with E-state index in [4.69, 9.17) is 0 Å². The molecule has 0 fully saturated rings. The number of benzene rings is 2. The molecule has 0 unspecified atom stereocenters. The largest absolute Gasteiger partial charge is 0.388 e. The molecular weight excluding hydrogens is 242 g/mol. The molecule has 0 amide bonds. The van der Waals surface area contributed by atoms with Gasteiger partial charge in [-0.2, -0.15) is 0 Å². The highest BCUT2D eigenvalue weighted by Gasteiger charge is 2.14. The lowest BCUT2D eigenvalue weighted by Gasteiger charge is -2.20. The van der Waals surface area contributed by atoms with Crippen molar-refractivity contribution in [3.05, 3.63) is 53.6 Å². The Bertz CT molecular complexity index is 539. The molecule has 1 N–H and O–H groups in total. The van der Waals surface area contributed by atoms with Crippen LogP contribution in [0.5, 0.6) is 0 Å². The van der Waals surface area contributed by atoms with Crippen LogP contribution in [0, 0.1) is 0 Å². The molecular formula is C19H25N. The minimum absolute atomic E-state index is 0.535. The minimum Gasteiger partial charge on any atom is -0.388 e. The summed E-state index contributed by atoms with van der Waals surface area (Å²) in [7, 11) is 1.95. The lowest BCUT2D eigenvalue weighted by atomic mass is 9.85.